The van der Waals surface area contributed by atoms with Gasteiger partial charge >= 0.3 is 0 Å². The summed E-state index contributed by atoms with van der Waals surface area (Å²) in [7, 11) is 0. The van der Waals surface area contributed by atoms with Gasteiger partial charge in [0.15, 0.2) is 0 Å². The van der Waals surface area contributed by atoms with Gasteiger partial charge in [0.25, 0.3) is 0 Å². The fourth-order valence-corrected chi connectivity index (χ4v) is 2.31. The molecule has 0 unspecified atom stereocenters. The lowest BCUT2D eigenvalue weighted by Gasteiger charge is -2.06. The Bertz CT molecular complexity index is 250. The van der Waals surface area contributed by atoms with Crippen molar-refractivity contribution in [2.24, 2.45) is 0 Å². The highest BCUT2D eigenvalue weighted by molar-refractivity contribution is 5.31. The Morgan fingerprint density at radius 2 is 1.47 bits per heavy atom. The van der Waals surface area contributed by atoms with E-state index in [1.165, 1.54) is 75.5 Å². The minimum atomic E-state index is 1.19. The number of hydrogen-bond donors (Lipinski definition) is 0. The lowest BCUT2D eigenvalue weighted by molar-refractivity contribution is 0.642. The molecule has 0 saturated heterocycles. The van der Waals surface area contributed by atoms with E-state index in [4.69, 9.17) is 0 Å². The smallest absolute Gasteiger partial charge is 0.0436 e. The third kappa shape index (κ3) is 5.95. The molecule has 0 bridgehead atoms. The van der Waals surface area contributed by atoms with Crippen molar-refractivity contribution in [1.82, 2.24) is 5.32 Å². The molecule has 1 radical (unpaired) electrons. The number of hydrogen-bond acceptors (Lipinski definition) is 0. The quantitative estimate of drug-likeness (QED) is 0.455. The molecule has 1 heterocycles. The van der Waals surface area contributed by atoms with Crippen LogP contribution < -0.4 is 5.32 Å². The lowest BCUT2D eigenvalue weighted by atomic mass is 10.0. The van der Waals surface area contributed by atoms with E-state index in [0.717, 1.165) is 0 Å². The molecule has 0 aromatic rings. The van der Waals surface area contributed by atoms with Crippen molar-refractivity contribution in [2.75, 3.05) is 0 Å². The van der Waals surface area contributed by atoms with Crippen LogP contribution in [0.1, 0.15) is 78.1 Å². The average Bonchev–Trinajstić information content (AvgIpc) is 2.78. The van der Waals surface area contributed by atoms with Gasteiger partial charge in [-0.15, -0.1) is 0 Å². The summed E-state index contributed by atoms with van der Waals surface area (Å²) in [5.74, 6) is 0. The van der Waals surface area contributed by atoms with Crippen molar-refractivity contribution >= 4 is 0 Å². The molecule has 0 amide bonds. The molecule has 17 heavy (non-hydrogen) atoms. The van der Waals surface area contributed by atoms with Crippen molar-refractivity contribution in [2.45, 2.75) is 78.1 Å². The molecule has 1 aliphatic rings. The number of rotatable bonds is 10. The van der Waals surface area contributed by atoms with Crippen LogP contribution in [-0.2, 0) is 0 Å². The number of nitrogens with zero attached hydrogens (tertiary/aromatic N) is 1. The van der Waals surface area contributed by atoms with E-state index in [2.05, 4.69) is 25.2 Å². The van der Waals surface area contributed by atoms with Crippen LogP contribution in [-0.4, -0.2) is 0 Å². The fraction of sp³-hybridized carbons (Fsp3) is 0.750. The van der Waals surface area contributed by atoms with Gasteiger partial charge in [-0.3, -0.25) is 5.32 Å². The molecular formula is C16H28N. The van der Waals surface area contributed by atoms with Gasteiger partial charge in [0, 0.05) is 11.9 Å². The zero-order valence-corrected chi connectivity index (χ0v) is 11.7. The van der Waals surface area contributed by atoms with Crippen LogP contribution in [0.25, 0.3) is 0 Å². The van der Waals surface area contributed by atoms with Gasteiger partial charge in [-0.1, -0.05) is 52.4 Å². The summed E-state index contributed by atoms with van der Waals surface area (Å²) >= 11 is 0. The van der Waals surface area contributed by atoms with E-state index in [0.29, 0.717) is 0 Å². The third-order valence-corrected chi connectivity index (χ3v) is 3.44. The first kappa shape index (κ1) is 14.3. The van der Waals surface area contributed by atoms with Crippen molar-refractivity contribution in [3.63, 3.8) is 0 Å². The summed E-state index contributed by atoms with van der Waals surface area (Å²) in [6, 6.07) is 0. The van der Waals surface area contributed by atoms with Gasteiger partial charge in [-0.25, -0.2) is 0 Å². The molecule has 0 fully saturated rings. The minimum Gasteiger partial charge on any atom is -0.261 e. The predicted molar refractivity (Wildman–Crippen MR) is 75.8 cm³/mol. The molecular weight excluding hydrogens is 206 g/mol. The maximum Gasteiger partial charge on any atom is 0.0436 e. The highest BCUT2D eigenvalue weighted by atomic mass is 14.9. The summed E-state index contributed by atoms with van der Waals surface area (Å²) in [6.45, 7) is 4.53. The first-order chi connectivity index (χ1) is 8.38. The SMILES string of the molecule is CCCCCCC1=C(CCCCCC)[N]C=C1. The van der Waals surface area contributed by atoms with Crippen LogP contribution in [0.15, 0.2) is 23.5 Å². The van der Waals surface area contributed by atoms with Crippen molar-refractivity contribution in [3.8, 4) is 0 Å². The van der Waals surface area contributed by atoms with E-state index >= 15 is 0 Å². The molecule has 0 saturated carbocycles. The highest BCUT2D eigenvalue weighted by Gasteiger charge is 2.09. The van der Waals surface area contributed by atoms with Crippen molar-refractivity contribution in [3.05, 3.63) is 23.5 Å². The standard InChI is InChI=1S/C16H28N/c1-3-5-7-9-11-15-13-14-17-16(15)12-10-8-6-4-2/h13-14H,3-12H2,1-2H3. The molecule has 0 spiro atoms. The Morgan fingerprint density at radius 1 is 0.824 bits per heavy atom. The third-order valence-electron chi connectivity index (χ3n) is 3.44. The van der Waals surface area contributed by atoms with Gasteiger partial charge in [0.05, 0.1) is 0 Å². The van der Waals surface area contributed by atoms with Gasteiger partial charge in [-0.2, -0.15) is 0 Å². The van der Waals surface area contributed by atoms with E-state index in [1.54, 1.807) is 0 Å². The molecule has 1 rings (SSSR count). The zero-order valence-electron chi connectivity index (χ0n) is 11.7. The summed E-state index contributed by atoms with van der Waals surface area (Å²) in [4.78, 5) is 0. The predicted octanol–water partition coefficient (Wildman–Crippen LogP) is 5.31. The van der Waals surface area contributed by atoms with Gasteiger partial charge in [0.1, 0.15) is 0 Å². The molecule has 0 aromatic carbocycles. The molecule has 1 heteroatoms. The summed E-state index contributed by atoms with van der Waals surface area (Å²) in [6.07, 6.45) is 17.4. The topological polar surface area (TPSA) is 14.1 Å². The Labute approximate surface area is 107 Å². The maximum atomic E-state index is 4.51. The van der Waals surface area contributed by atoms with Crippen LogP contribution in [0.2, 0.25) is 0 Å². The van der Waals surface area contributed by atoms with E-state index < -0.39 is 0 Å². The molecule has 1 nitrogen and oxygen atoms in total. The second-order valence-electron chi connectivity index (χ2n) is 5.04. The molecule has 0 N–H and O–H groups in total. The summed E-state index contributed by atoms with van der Waals surface area (Å²) in [5, 5.41) is 4.51. The average molecular weight is 234 g/mol. The van der Waals surface area contributed by atoms with Gasteiger partial charge in [-0.05, 0) is 37.3 Å². The Morgan fingerprint density at radius 3 is 2.12 bits per heavy atom. The first-order valence-electron chi connectivity index (χ1n) is 7.48. The Kier molecular flexibility index (Phi) is 7.87. The van der Waals surface area contributed by atoms with Crippen LogP contribution in [0.4, 0.5) is 0 Å². The number of unbranched alkanes of at least 4 members (excludes halogenated alkanes) is 6. The van der Waals surface area contributed by atoms with Crippen LogP contribution in [0, 0.1) is 0 Å². The van der Waals surface area contributed by atoms with Crippen molar-refractivity contribution < 1.29 is 0 Å². The normalized spacial score (nSPS) is 14.5. The lowest BCUT2D eigenvalue weighted by Crippen LogP contribution is -1.95. The van der Waals surface area contributed by atoms with Gasteiger partial charge < -0.3 is 0 Å². The molecule has 0 atom stereocenters. The fourth-order valence-electron chi connectivity index (χ4n) is 2.31. The van der Waals surface area contributed by atoms with Crippen LogP contribution in [0.5, 0.6) is 0 Å². The number of allylic oxidation sites excluding steroid dienone is 3. The largest absolute Gasteiger partial charge is 0.261 e. The Hall–Kier alpha value is -0.720. The molecule has 0 aromatic heterocycles. The van der Waals surface area contributed by atoms with Crippen LogP contribution in [0.3, 0.4) is 0 Å². The minimum absolute atomic E-state index is 1.19. The van der Waals surface area contributed by atoms with Gasteiger partial charge in [0.2, 0.25) is 0 Å². The van der Waals surface area contributed by atoms with E-state index in [-0.39, 0.29) is 0 Å². The molecule has 0 aliphatic carbocycles. The molecule has 1 aliphatic heterocycles. The molecule has 97 valence electrons. The van der Waals surface area contributed by atoms with Crippen molar-refractivity contribution in [1.29, 1.82) is 0 Å². The Balaban J connectivity index is 2.20. The first-order valence-corrected chi connectivity index (χ1v) is 7.48. The second kappa shape index (κ2) is 9.32. The van der Waals surface area contributed by atoms with E-state index in [9.17, 15) is 0 Å². The summed E-state index contributed by atoms with van der Waals surface area (Å²) in [5.41, 5.74) is 2.88. The zero-order chi connectivity index (χ0) is 12.3. The maximum absolute atomic E-state index is 4.51. The summed E-state index contributed by atoms with van der Waals surface area (Å²) < 4.78 is 0. The monoisotopic (exact) mass is 234 g/mol. The van der Waals surface area contributed by atoms with Crippen LogP contribution >= 0.6 is 0 Å². The van der Waals surface area contributed by atoms with E-state index in [1.807, 2.05) is 6.20 Å². The highest BCUT2D eigenvalue weighted by Crippen LogP contribution is 2.23. The second-order valence-corrected chi connectivity index (χ2v) is 5.04.